The van der Waals surface area contributed by atoms with Crippen molar-refractivity contribution < 1.29 is 17.6 Å². The molecule has 6 nitrogen and oxygen atoms in total. The summed E-state index contributed by atoms with van der Waals surface area (Å²) in [5.74, 6) is 1.04. The van der Waals surface area contributed by atoms with Crippen LogP contribution in [0.15, 0.2) is 15.4 Å². The van der Waals surface area contributed by atoms with Crippen LogP contribution in [0.25, 0.3) is 0 Å². The van der Waals surface area contributed by atoms with E-state index < -0.39 is 10.0 Å². The minimum Gasteiger partial charge on any atom is -0.464 e. The van der Waals surface area contributed by atoms with E-state index in [0.717, 1.165) is 6.54 Å². The molecule has 20 heavy (non-hydrogen) atoms. The molecule has 1 rings (SSSR count). The number of nitrogens with one attached hydrogen (secondary N) is 1. The van der Waals surface area contributed by atoms with Gasteiger partial charge in [-0.25, -0.2) is 8.42 Å². The second kappa shape index (κ2) is 7.78. The SMILES string of the molecule is CCNCc1cc(S(=O)(=O)N(C)CCOCC)c(C)o1. The van der Waals surface area contributed by atoms with Gasteiger partial charge in [-0.3, -0.25) is 0 Å². The average Bonchev–Trinajstić information content (AvgIpc) is 2.78. The van der Waals surface area contributed by atoms with Gasteiger partial charge in [0.2, 0.25) is 10.0 Å². The molecule has 0 bridgehead atoms. The summed E-state index contributed by atoms with van der Waals surface area (Å²) in [6.07, 6.45) is 0. The first-order valence-electron chi connectivity index (χ1n) is 6.77. The Morgan fingerprint density at radius 3 is 2.70 bits per heavy atom. The van der Waals surface area contributed by atoms with Gasteiger partial charge in [-0.05, 0) is 20.4 Å². The van der Waals surface area contributed by atoms with E-state index in [9.17, 15) is 8.42 Å². The number of sulfonamides is 1. The molecule has 1 aromatic rings. The Balaban J connectivity index is 2.83. The van der Waals surface area contributed by atoms with E-state index in [1.165, 1.54) is 4.31 Å². The number of hydrogen-bond donors (Lipinski definition) is 1. The van der Waals surface area contributed by atoms with Crippen molar-refractivity contribution in [3.63, 3.8) is 0 Å². The summed E-state index contributed by atoms with van der Waals surface area (Å²) in [7, 11) is -1.98. The van der Waals surface area contributed by atoms with Crippen LogP contribution in [0.1, 0.15) is 25.4 Å². The Bertz CT molecular complexity index is 510. The second-order valence-corrected chi connectivity index (χ2v) is 6.45. The highest BCUT2D eigenvalue weighted by Gasteiger charge is 2.25. The fourth-order valence-electron chi connectivity index (χ4n) is 1.74. The highest BCUT2D eigenvalue weighted by atomic mass is 32.2. The molecule has 0 unspecified atom stereocenters. The van der Waals surface area contributed by atoms with Crippen LogP contribution in [0.5, 0.6) is 0 Å². The maximum absolute atomic E-state index is 12.4. The lowest BCUT2D eigenvalue weighted by Crippen LogP contribution is -2.30. The van der Waals surface area contributed by atoms with E-state index in [4.69, 9.17) is 9.15 Å². The van der Waals surface area contributed by atoms with Gasteiger partial charge in [0.25, 0.3) is 0 Å². The highest BCUT2D eigenvalue weighted by molar-refractivity contribution is 7.89. The maximum Gasteiger partial charge on any atom is 0.246 e. The lowest BCUT2D eigenvalue weighted by Gasteiger charge is -2.16. The van der Waals surface area contributed by atoms with Gasteiger partial charge in [-0.15, -0.1) is 0 Å². The fraction of sp³-hybridized carbons (Fsp3) is 0.692. The van der Waals surface area contributed by atoms with Gasteiger partial charge in [-0.2, -0.15) is 4.31 Å². The van der Waals surface area contributed by atoms with Gasteiger partial charge in [0.15, 0.2) is 0 Å². The van der Waals surface area contributed by atoms with Crippen LogP contribution in [0.3, 0.4) is 0 Å². The highest BCUT2D eigenvalue weighted by Crippen LogP contribution is 2.22. The Morgan fingerprint density at radius 1 is 1.40 bits per heavy atom. The average molecular weight is 304 g/mol. The Kier molecular flexibility index (Phi) is 6.67. The molecule has 0 aromatic carbocycles. The molecule has 0 aliphatic rings. The lowest BCUT2D eigenvalue weighted by atomic mass is 10.4. The predicted octanol–water partition coefficient (Wildman–Crippen LogP) is 1.35. The van der Waals surface area contributed by atoms with Crippen molar-refractivity contribution in [2.75, 3.05) is 33.4 Å². The van der Waals surface area contributed by atoms with Crippen molar-refractivity contribution >= 4 is 10.0 Å². The van der Waals surface area contributed by atoms with Crippen molar-refractivity contribution in [3.8, 4) is 0 Å². The molecule has 0 amide bonds. The Labute approximate surface area is 121 Å². The van der Waals surface area contributed by atoms with Crippen LogP contribution < -0.4 is 5.32 Å². The largest absolute Gasteiger partial charge is 0.464 e. The first-order valence-corrected chi connectivity index (χ1v) is 8.21. The molecule has 1 aromatic heterocycles. The van der Waals surface area contributed by atoms with Crippen molar-refractivity contribution in [1.29, 1.82) is 0 Å². The standard InChI is InChI=1S/C13H24N2O4S/c1-5-14-10-12-9-13(11(3)19-12)20(16,17)15(4)7-8-18-6-2/h9,14H,5-8,10H2,1-4H3. The summed E-state index contributed by atoms with van der Waals surface area (Å²) in [6.45, 7) is 8.13. The van der Waals surface area contributed by atoms with E-state index in [2.05, 4.69) is 5.32 Å². The molecule has 116 valence electrons. The summed E-state index contributed by atoms with van der Waals surface area (Å²) in [5.41, 5.74) is 0. The van der Waals surface area contributed by atoms with Gasteiger partial charge in [-0.1, -0.05) is 6.92 Å². The molecule has 1 heterocycles. The maximum atomic E-state index is 12.4. The molecule has 0 spiro atoms. The third kappa shape index (κ3) is 4.31. The number of hydrogen-bond acceptors (Lipinski definition) is 5. The molecular formula is C13H24N2O4S. The molecule has 0 atom stereocenters. The van der Waals surface area contributed by atoms with Crippen LogP contribution in [0.2, 0.25) is 0 Å². The van der Waals surface area contributed by atoms with Gasteiger partial charge >= 0.3 is 0 Å². The lowest BCUT2D eigenvalue weighted by molar-refractivity contribution is 0.138. The van der Waals surface area contributed by atoms with Crippen LogP contribution in [0, 0.1) is 6.92 Å². The minimum atomic E-state index is -3.52. The fourth-order valence-corrected chi connectivity index (χ4v) is 3.08. The van der Waals surface area contributed by atoms with Gasteiger partial charge in [0, 0.05) is 26.3 Å². The zero-order chi connectivity index (χ0) is 15.2. The van der Waals surface area contributed by atoms with Crippen LogP contribution in [-0.4, -0.2) is 46.1 Å². The number of furan rings is 1. The predicted molar refractivity (Wildman–Crippen MR) is 77.1 cm³/mol. The van der Waals surface area contributed by atoms with Crippen molar-refractivity contribution in [2.45, 2.75) is 32.2 Å². The van der Waals surface area contributed by atoms with Crippen molar-refractivity contribution in [2.24, 2.45) is 0 Å². The van der Waals surface area contributed by atoms with Crippen LogP contribution in [0.4, 0.5) is 0 Å². The molecule has 0 fully saturated rings. The summed E-state index contributed by atoms with van der Waals surface area (Å²) in [4.78, 5) is 0.226. The molecule has 1 N–H and O–H groups in total. The molecule has 0 saturated heterocycles. The summed E-state index contributed by atoms with van der Waals surface area (Å²) in [6, 6.07) is 1.59. The van der Waals surface area contributed by atoms with E-state index in [-0.39, 0.29) is 4.90 Å². The van der Waals surface area contributed by atoms with Gasteiger partial charge < -0.3 is 14.5 Å². The smallest absolute Gasteiger partial charge is 0.246 e. The van der Waals surface area contributed by atoms with E-state index >= 15 is 0 Å². The minimum absolute atomic E-state index is 0.226. The molecule has 0 aliphatic carbocycles. The second-order valence-electron chi connectivity index (χ2n) is 4.44. The summed E-state index contributed by atoms with van der Waals surface area (Å²) >= 11 is 0. The molecule has 0 saturated carbocycles. The van der Waals surface area contributed by atoms with Crippen LogP contribution >= 0.6 is 0 Å². The first-order chi connectivity index (χ1) is 9.43. The van der Waals surface area contributed by atoms with Crippen LogP contribution in [-0.2, 0) is 21.3 Å². The first kappa shape index (κ1) is 17.2. The third-order valence-corrected chi connectivity index (χ3v) is 4.88. The van der Waals surface area contributed by atoms with E-state index in [0.29, 0.717) is 37.8 Å². The molecular weight excluding hydrogens is 280 g/mol. The number of likely N-dealkylation sites (N-methyl/N-ethyl adjacent to an activating group) is 1. The number of aryl methyl sites for hydroxylation is 1. The molecule has 7 heteroatoms. The van der Waals surface area contributed by atoms with Crippen molar-refractivity contribution in [3.05, 3.63) is 17.6 Å². The topological polar surface area (TPSA) is 71.8 Å². The zero-order valence-corrected chi connectivity index (χ0v) is 13.4. The Hall–Kier alpha value is -0.890. The van der Waals surface area contributed by atoms with Gasteiger partial charge in [0.05, 0.1) is 13.2 Å². The number of rotatable bonds is 9. The van der Waals surface area contributed by atoms with Gasteiger partial charge in [0.1, 0.15) is 16.4 Å². The quantitative estimate of drug-likeness (QED) is 0.697. The summed E-state index contributed by atoms with van der Waals surface area (Å²) in [5, 5.41) is 3.11. The van der Waals surface area contributed by atoms with E-state index in [1.54, 1.807) is 20.0 Å². The third-order valence-electron chi connectivity index (χ3n) is 2.92. The number of nitrogens with zero attached hydrogens (tertiary/aromatic N) is 1. The molecule has 0 aliphatic heterocycles. The van der Waals surface area contributed by atoms with E-state index in [1.807, 2.05) is 13.8 Å². The normalized spacial score (nSPS) is 12.2. The summed E-state index contributed by atoms with van der Waals surface area (Å²) < 4.78 is 36.8. The Morgan fingerprint density at radius 2 is 2.10 bits per heavy atom. The zero-order valence-electron chi connectivity index (χ0n) is 12.6. The van der Waals surface area contributed by atoms with Crippen molar-refractivity contribution in [1.82, 2.24) is 9.62 Å². The number of ether oxygens (including phenoxy) is 1. The monoisotopic (exact) mass is 304 g/mol. The molecule has 0 radical (unpaired) electrons.